The highest BCUT2D eigenvalue weighted by Crippen LogP contribution is 2.31. The van der Waals surface area contributed by atoms with Gasteiger partial charge >= 0.3 is 0 Å². The smallest absolute Gasteiger partial charge is 0.265 e. The van der Waals surface area contributed by atoms with Gasteiger partial charge in [0.25, 0.3) is 5.91 Å². The Labute approximate surface area is 184 Å². The third kappa shape index (κ3) is 4.52. The van der Waals surface area contributed by atoms with Crippen LogP contribution < -0.4 is 14.5 Å². The fourth-order valence-corrected chi connectivity index (χ4v) is 3.51. The summed E-state index contributed by atoms with van der Waals surface area (Å²) in [6, 6.07) is 23.2. The third-order valence-corrected chi connectivity index (χ3v) is 5.20. The van der Waals surface area contributed by atoms with Crippen LogP contribution in [0.2, 0.25) is 5.02 Å². The van der Waals surface area contributed by atoms with Gasteiger partial charge in [-0.2, -0.15) is 5.26 Å². The van der Waals surface area contributed by atoms with Gasteiger partial charge in [-0.1, -0.05) is 41.9 Å². The lowest BCUT2D eigenvalue weighted by Gasteiger charge is -2.31. The number of amides is 2. The maximum atomic E-state index is 13.4. The van der Waals surface area contributed by atoms with E-state index < -0.39 is 0 Å². The van der Waals surface area contributed by atoms with Crippen molar-refractivity contribution in [3.05, 3.63) is 88.9 Å². The number of nitrogens with zero attached hydrogens (tertiary/aromatic N) is 3. The molecule has 0 radical (unpaired) electrons. The number of ether oxygens (including phenoxy) is 1. The largest absolute Gasteiger partial charge is 0.482 e. The molecular formula is C24H18ClN3O3. The average molecular weight is 432 g/mol. The van der Waals surface area contributed by atoms with Crippen LogP contribution in [0.15, 0.2) is 72.8 Å². The zero-order valence-corrected chi connectivity index (χ0v) is 17.2. The van der Waals surface area contributed by atoms with E-state index >= 15 is 0 Å². The highest BCUT2D eigenvalue weighted by molar-refractivity contribution is 6.30. The van der Waals surface area contributed by atoms with Crippen molar-refractivity contribution in [1.29, 1.82) is 5.26 Å². The van der Waals surface area contributed by atoms with Crippen molar-refractivity contribution in [2.45, 2.75) is 6.54 Å². The lowest BCUT2D eigenvalue weighted by molar-refractivity contribution is -0.124. The van der Waals surface area contributed by atoms with Crippen LogP contribution >= 0.6 is 11.6 Å². The molecule has 0 fully saturated rings. The molecule has 0 atom stereocenters. The molecule has 2 amide bonds. The van der Waals surface area contributed by atoms with Crippen LogP contribution in [0, 0.1) is 11.3 Å². The summed E-state index contributed by atoms with van der Waals surface area (Å²) in [5.74, 6) is -0.00927. The zero-order chi connectivity index (χ0) is 21.8. The van der Waals surface area contributed by atoms with Crippen LogP contribution in [0.25, 0.3) is 0 Å². The summed E-state index contributed by atoms with van der Waals surface area (Å²) in [6.45, 7) is 0.0000340. The maximum Gasteiger partial charge on any atom is 0.265 e. The molecule has 7 heteroatoms. The first kappa shape index (κ1) is 20.5. The summed E-state index contributed by atoms with van der Waals surface area (Å²) in [7, 11) is 0. The van der Waals surface area contributed by atoms with Gasteiger partial charge < -0.3 is 9.64 Å². The van der Waals surface area contributed by atoms with Crippen molar-refractivity contribution in [1.82, 2.24) is 0 Å². The van der Waals surface area contributed by atoms with Crippen molar-refractivity contribution in [2.75, 3.05) is 23.0 Å². The SMILES string of the molecule is N#Cc1cccc(N(Cc2ccc(Cl)cc2)C(=O)CN2C(=O)COc3ccccc32)c1. The number of rotatable bonds is 5. The van der Waals surface area contributed by atoms with Crippen LogP contribution in [0.3, 0.4) is 0 Å². The van der Waals surface area contributed by atoms with Gasteiger partial charge in [0.05, 0.1) is 23.9 Å². The minimum absolute atomic E-state index is 0.120. The Kier molecular flexibility index (Phi) is 5.87. The summed E-state index contributed by atoms with van der Waals surface area (Å²) in [5, 5.41) is 9.87. The molecule has 0 saturated carbocycles. The first-order valence-corrected chi connectivity index (χ1v) is 10.00. The van der Waals surface area contributed by atoms with E-state index in [9.17, 15) is 14.9 Å². The molecule has 0 spiro atoms. The minimum atomic E-state index is -0.288. The van der Waals surface area contributed by atoms with Crippen molar-refractivity contribution in [2.24, 2.45) is 0 Å². The Balaban J connectivity index is 1.66. The van der Waals surface area contributed by atoms with E-state index in [-0.39, 0.29) is 31.5 Å². The highest BCUT2D eigenvalue weighted by atomic mass is 35.5. The molecule has 154 valence electrons. The second-order valence-corrected chi connectivity index (χ2v) is 7.44. The predicted molar refractivity (Wildman–Crippen MR) is 118 cm³/mol. The van der Waals surface area contributed by atoms with Crippen molar-refractivity contribution in [3.8, 4) is 11.8 Å². The van der Waals surface area contributed by atoms with E-state index in [1.54, 1.807) is 59.5 Å². The Hall–Kier alpha value is -3.82. The van der Waals surface area contributed by atoms with E-state index in [0.29, 0.717) is 27.7 Å². The van der Waals surface area contributed by atoms with E-state index in [0.717, 1.165) is 5.56 Å². The van der Waals surface area contributed by atoms with Gasteiger partial charge in [0, 0.05) is 10.7 Å². The molecule has 0 aliphatic carbocycles. The van der Waals surface area contributed by atoms with Gasteiger partial charge in [0.2, 0.25) is 5.91 Å². The lowest BCUT2D eigenvalue weighted by Crippen LogP contribution is -2.46. The summed E-state index contributed by atoms with van der Waals surface area (Å²) < 4.78 is 5.47. The van der Waals surface area contributed by atoms with Gasteiger partial charge in [0.15, 0.2) is 6.61 Å². The molecule has 3 aromatic rings. The molecule has 0 bridgehead atoms. The zero-order valence-electron chi connectivity index (χ0n) is 16.5. The van der Waals surface area contributed by atoms with E-state index in [4.69, 9.17) is 16.3 Å². The Bertz CT molecular complexity index is 1170. The summed E-state index contributed by atoms with van der Waals surface area (Å²) in [6.07, 6.45) is 0. The Morgan fingerprint density at radius 2 is 1.87 bits per heavy atom. The Morgan fingerprint density at radius 3 is 2.65 bits per heavy atom. The van der Waals surface area contributed by atoms with Gasteiger partial charge in [-0.05, 0) is 48.0 Å². The number of hydrogen-bond donors (Lipinski definition) is 0. The number of hydrogen-bond acceptors (Lipinski definition) is 4. The van der Waals surface area contributed by atoms with Gasteiger partial charge in [-0.3, -0.25) is 14.5 Å². The summed E-state index contributed by atoms with van der Waals surface area (Å²) >= 11 is 5.99. The molecule has 1 heterocycles. The molecule has 1 aliphatic heterocycles. The van der Waals surface area contributed by atoms with Crippen molar-refractivity contribution >= 4 is 34.8 Å². The van der Waals surface area contributed by atoms with Crippen LogP contribution in [-0.2, 0) is 16.1 Å². The molecule has 4 rings (SSSR count). The van der Waals surface area contributed by atoms with Crippen LogP contribution in [0.4, 0.5) is 11.4 Å². The van der Waals surface area contributed by atoms with Gasteiger partial charge in [-0.15, -0.1) is 0 Å². The van der Waals surface area contributed by atoms with E-state index in [1.807, 2.05) is 18.2 Å². The molecule has 0 aromatic heterocycles. The molecule has 6 nitrogen and oxygen atoms in total. The predicted octanol–water partition coefficient (Wildman–Crippen LogP) is 4.17. The fraction of sp³-hybridized carbons (Fsp3) is 0.125. The van der Waals surface area contributed by atoms with Crippen molar-refractivity contribution in [3.63, 3.8) is 0 Å². The van der Waals surface area contributed by atoms with E-state index in [1.165, 1.54) is 4.90 Å². The highest BCUT2D eigenvalue weighted by Gasteiger charge is 2.29. The molecule has 0 unspecified atom stereocenters. The van der Waals surface area contributed by atoms with Crippen LogP contribution in [0.5, 0.6) is 5.75 Å². The number of carbonyl (C=O) groups is 2. The number of nitriles is 1. The Morgan fingerprint density at radius 1 is 1.10 bits per heavy atom. The molecule has 31 heavy (non-hydrogen) atoms. The number of carbonyl (C=O) groups excluding carboxylic acids is 2. The molecule has 0 N–H and O–H groups in total. The molecule has 0 saturated heterocycles. The maximum absolute atomic E-state index is 13.4. The van der Waals surface area contributed by atoms with E-state index in [2.05, 4.69) is 6.07 Å². The molecular weight excluding hydrogens is 414 g/mol. The first-order chi connectivity index (χ1) is 15.0. The minimum Gasteiger partial charge on any atom is -0.482 e. The molecule has 3 aromatic carbocycles. The first-order valence-electron chi connectivity index (χ1n) is 9.62. The topological polar surface area (TPSA) is 73.6 Å². The molecule has 1 aliphatic rings. The van der Waals surface area contributed by atoms with Crippen LogP contribution in [0.1, 0.15) is 11.1 Å². The van der Waals surface area contributed by atoms with Gasteiger partial charge in [-0.25, -0.2) is 0 Å². The number of benzene rings is 3. The standard InChI is InChI=1S/C24H18ClN3O3/c25-19-10-8-17(9-11-19)14-27(20-5-3-4-18(12-20)13-26)23(29)15-28-21-6-1-2-7-22(21)31-16-24(28)30/h1-12H,14-16H2. The fourth-order valence-electron chi connectivity index (χ4n) is 3.39. The van der Waals surface area contributed by atoms with Gasteiger partial charge in [0.1, 0.15) is 12.3 Å². The normalized spacial score (nSPS) is 12.5. The average Bonchev–Trinajstić information content (AvgIpc) is 2.80. The lowest BCUT2D eigenvalue weighted by atomic mass is 10.1. The van der Waals surface area contributed by atoms with Crippen molar-refractivity contribution < 1.29 is 14.3 Å². The number of anilines is 2. The number of halogens is 1. The van der Waals surface area contributed by atoms with Crippen LogP contribution in [-0.4, -0.2) is 25.0 Å². The number of fused-ring (bicyclic) bond motifs is 1. The summed E-state index contributed by atoms with van der Waals surface area (Å²) in [4.78, 5) is 28.9. The summed E-state index contributed by atoms with van der Waals surface area (Å²) in [5.41, 5.74) is 2.45. The second-order valence-electron chi connectivity index (χ2n) is 7.00. The monoisotopic (exact) mass is 431 g/mol. The quantitative estimate of drug-likeness (QED) is 0.607. The second kappa shape index (κ2) is 8.90. The number of para-hydroxylation sites is 2. The third-order valence-electron chi connectivity index (χ3n) is 4.94.